The first-order chi connectivity index (χ1) is 18.2. The predicted octanol–water partition coefficient (Wildman–Crippen LogP) is 5.95. The van der Waals surface area contributed by atoms with Gasteiger partial charge in [0.05, 0.1) is 16.6 Å². The Hall–Kier alpha value is -4.13. The number of nitrogens with zero attached hydrogens (tertiary/aromatic N) is 4. The van der Waals surface area contributed by atoms with E-state index in [1.807, 2.05) is 83.5 Å². The van der Waals surface area contributed by atoms with Crippen molar-refractivity contribution < 1.29 is 0 Å². The quantitative estimate of drug-likeness (QED) is 0.282. The van der Waals surface area contributed by atoms with Crippen LogP contribution in [-0.2, 0) is 0 Å². The van der Waals surface area contributed by atoms with Crippen LogP contribution in [0.3, 0.4) is 0 Å². The molecule has 0 amide bonds. The summed E-state index contributed by atoms with van der Waals surface area (Å²) in [5.74, 6) is 0. The molecular weight excluding hydrogens is 498 g/mol. The van der Waals surface area contributed by atoms with Gasteiger partial charge in [0.15, 0.2) is 5.48 Å². The van der Waals surface area contributed by atoms with Crippen molar-refractivity contribution in [1.82, 2.24) is 14.9 Å². The van der Waals surface area contributed by atoms with Gasteiger partial charge in [-0.3, -0.25) is 5.43 Å². The van der Waals surface area contributed by atoms with Gasteiger partial charge >= 0.3 is 0 Å². The van der Waals surface area contributed by atoms with E-state index in [1.54, 1.807) is 11.8 Å². The van der Waals surface area contributed by atoms with Crippen molar-refractivity contribution in [3.63, 3.8) is 0 Å². The van der Waals surface area contributed by atoms with Crippen LogP contribution >= 0.6 is 23.4 Å². The van der Waals surface area contributed by atoms with E-state index in [2.05, 4.69) is 58.1 Å². The van der Waals surface area contributed by atoms with Crippen molar-refractivity contribution in [1.29, 1.82) is 0 Å². The average molecular weight is 520 g/mol. The van der Waals surface area contributed by atoms with Crippen LogP contribution in [0.5, 0.6) is 0 Å². The van der Waals surface area contributed by atoms with E-state index >= 15 is 0 Å². The number of rotatable bonds is 6. The maximum Gasteiger partial charge on any atom is 0.271 e. The third-order valence-electron chi connectivity index (χ3n) is 5.96. The first kappa shape index (κ1) is 23.3. The van der Waals surface area contributed by atoms with Crippen LogP contribution in [0, 0.1) is 0 Å². The summed E-state index contributed by atoms with van der Waals surface area (Å²) in [5, 5.41) is 9.65. The normalized spacial score (nSPS) is 14.0. The molecule has 0 aliphatic carbocycles. The fourth-order valence-corrected chi connectivity index (χ4v) is 5.34. The molecule has 6 rings (SSSR count). The molecule has 1 aromatic heterocycles. The molecule has 5 aromatic rings. The predicted molar refractivity (Wildman–Crippen MR) is 151 cm³/mol. The Labute approximate surface area is 223 Å². The molecule has 4 aromatic carbocycles. The summed E-state index contributed by atoms with van der Waals surface area (Å²) in [4.78, 5) is 6.05. The topological polar surface area (TPSA) is 55.1 Å². The molecule has 0 saturated heterocycles. The summed E-state index contributed by atoms with van der Waals surface area (Å²) in [7, 11) is 0. The van der Waals surface area contributed by atoms with Crippen LogP contribution in [0.1, 0.15) is 21.9 Å². The van der Waals surface area contributed by atoms with E-state index in [0.717, 1.165) is 38.0 Å². The van der Waals surface area contributed by atoms with Gasteiger partial charge in [-0.1, -0.05) is 103 Å². The van der Waals surface area contributed by atoms with Gasteiger partial charge in [0.1, 0.15) is 0 Å². The Balaban J connectivity index is 1.46. The molecule has 1 unspecified atom stereocenters. The van der Waals surface area contributed by atoms with E-state index in [9.17, 15) is 0 Å². The third-order valence-corrected chi connectivity index (χ3v) is 7.42. The Morgan fingerprint density at radius 3 is 2.03 bits per heavy atom. The summed E-state index contributed by atoms with van der Waals surface area (Å²) in [6.45, 7) is 0. The lowest BCUT2D eigenvalue weighted by atomic mass is 10.1. The van der Waals surface area contributed by atoms with E-state index in [4.69, 9.17) is 16.6 Å². The molecular formula is C30H22ClN5S. The molecule has 0 bridgehead atoms. The molecule has 5 nitrogen and oxygen atoms in total. The summed E-state index contributed by atoms with van der Waals surface area (Å²) in [6, 6.07) is 38.6. The second-order valence-corrected chi connectivity index (χ2v) is 10.1. The summed E-state index contributed by atoms with van der Waals surface area (Å²) in [5.41, 5.74) is 9.69. The van der Waals surface area contributed by atoms with Gasteiger partial charge in [0.25, 0.3) is 5.62 Å². The van der Waals surface area contributed by atoms with Gasteiger partial charge in [-0.2, -0.15) is 4.68 Å². The molecule has 1 atom stereocenters. The second-order valence-electron chi connectivity index (χ2n) is 8.44. The van der Waals surface area contributed by atoms with Crippen LogP contribution in [0.2, 0.25) is 5.02 Å². The Bertz CT molecular complexity index is 1670. The molecule has 0 radical (unpaired) electrons. The fourth-order valence-electron chi connectivity index (χ4n) is 4.14. The lowest BCUT2D eigenvalue weighted by Gasteiger charge is -2.19. The first-order valence-electron chi connectivity index (χ1n) is 11.9. The van der Waals surface area contributed by atoms with Crippen LogP contribution in [-0.4, -0.2) is 14.9 Å². The van der Waals surface area contributed by atoms with Gasteiger partial charge in [0.2, 0.25) is 0 Å². The van der Waals surface area contributed by atoms with E-state index in [1.165, 1.54) is 0 Å². The summed E-state index contributed by atoms with van der Waals surface area (Å²) in [6.07, 6.45) is 2.11. The Morgan fingerprint density at radius 2 is 1.35 bits per heavy atom. The summed E-state index contributed by atoms with van der Waals surface area (Å²) < 4.78 is 1.85. The number of aromatic nitrogens is 3. The maximum absolute atomic E-state index is 6.12. The number of hydrogen-bond acceptors (Lipinski definition) is 5. The number of thioether (sulfide) groups is 1. The van der Waals surface area contributed by atoms with Crippen molar-refractivity contribution in [3.05, 3.63) is 148 Å². The van der Waals surface area contributed by atoms with Crippen molar-refractivity contribution >= 4 is 40.8 Å². The largest absolute Gasteiger partial charge is 0.287 e. The SMILES string of the molecule is Clc1ccc(SC(/C=c2\nnc3n2NC(c2ccccc2)=C(c2ccccc2)N=3)c2ccccc2)cc1. The van der Waals surface area contributed by atoms with Crippen molar-refractivity contribution in [2.45, 2.75) is 10.1 Å². The Morgan fingerprint density at radius 1 is 0.730 bits per heavy atom. The monoisotopic (exact) mass is 519 g/mol. The van der Waals surface area contributed by atoms with Crippen LogP contribution in [0.25, 0.3) is 17.5 Å². The van der Waals surface area contributed by atoms with Crippen molar-refractivity contribution in [3.8, 4) is 0 Å². The lowest BCUT2D eigenvalue weighted by molar-refractivity contribution is 0.831. The van der Waals surface area contributed by atoms with Gasteiger partial charge < -0.3 is 0 Å². The number of halogens is 1. The number of hydrogen-bond donors (Lipinski definition) is 1. The number of fused-ring (bicyclic) bond motifs is 1. The number of benzene rings is 4. The molecule has 1 N–H and O–H groups in total. The van der Waals surface area contributed by atoms with Gasteiger partial charge in [-0.15, -0.1) is 22.0 Å². The van der Waals surface area contributed by atoms with Gasteiger partial charge in [-0.25, -0.2) is 4.99 Å². The van der Waals surface area contributed by atoms with Gasteiger partial charge in [-0.05, 0) is 35.9 Å². The highest BCUT2D eigenvalue weighted by Gasteiger charge is 2.20. The highest BCUT2D eigenvalue weighted by Crippen LogP contribution is 2.37. The summed E-state index contributed by atoms with van der Waals surface area (Å²) >= 11 is 7.85. The zero-order valence-electron chi connectivity index (χ0n) is 19.7. The molecule has 1 aliphatic heterocycles. The Kier molecular flexibility index (Phi) is 6.58. The van der Waals surface area contributed by atoms with E-state index in [0.29, 0.717) is 11.1 Å². The van der Waals surface area contributed by atoms with Crippen LogP contribution in [0.15, 0.2) is 125 Å². The minimum absolute atomic E-state index is 0.00264. The van der Waals surface area contributed by atoms with E-state index < -0.39 is 0 Å². The molecule has 7 heteroatoms. The molecule has 180 valence electrons. The molecule has 2 heterocycles. The highest BCUT2D eigenvalue weighted by atomic mass is 35.5. The van der Waals surface area contributed by atoms with Crippen molar-refractivity contribution in [2.24, 2.45) is 4.99 Å². The molecule has 1 aliphatic rings. The minimum atomic E-state index is -0.00264. The van der Waals surface area contributed by atoms with Crippen LogP contribution in [0.4, 0.5) is 0 Å². The van der Waals surface area contributed by atoms with Gasteiger partial charge in [0, 0.05) is 21.0 Å². The van der Waals surface area contributed by atoms with E-state index in [-0.39, 0.29) is 5.25 Å². The molecule has 0 spiro atoms. The average Bonchev–Trinajstić information content (AvgIpc) is 3.36. The second kappa shape index (κ2) is 10.5. The van der Waals surface area contributed by atoms with Crippen molar-refractivity contribution in [2.75, 3.05) is 5.43 Å². The standard InChI is InChI=1S/C30H22ClN5S/c31-24-16-18-25(19-17-24)37-26(21-10-4-1-5-11-21)20-27-33-34-30-32-28(22-12-6-2-7-13-22)29(35-36(27)30)23-14-8-3-9-15-23/h1-20,26,35H/b27-20+. The fraction of sp³-hybridized carbons (Fsp3) is 0.0333. The highest BCUT2D eigenvalue weighted by molar-refractivity contribution is 8.00. The smallest absolute Gasteiger partial charge is 0.271 e. The third kappa shape index (κ3) is 5.07. The minimum Gasteiger partial charge on any atom is -0.287 e. The molecule has 0 fully saturated rings. The number of nitrogens with one attached hydrogen (secondary N) is 1. The van der Waals surface area contributed by atoms with Crippen LogP contribution < -0.4 is 16.5 Å². The molecule has 37 heavy (non-hydrogen) atoms. The lowest BCUT2D eigenvalue weighted by Crippen LogP contribution is -2.38. The zero-order valence-corrected chi connectivity index (χ0v) is 21.3. The molecule has 0 saturated carbocycles. The zero-order chi connectivity index (χ0) is 25.0. The first-order valence-corrected chi connectivity index (χ1v) is 13.1. The maximum atomic E-state index is 6.12.